The highest BCUT2D eigenvalue weighted by atomic mass is 35.5. The molecule has 0 aliphatic heterocycles. The van der Waals surface area contributed by atoms with Gasteiger partial charge < -0.3 is 25.7 Å². The van der Waals surface area contributed by atoms with E-state index >= 15 is 0 Å². The number of hydrogen-bond donors (Lipinski definition) is 3. The Kier molecular flexibility index (Phi) is 7.69. The Hall–Kier alpha value is -4.44. The molecule has 0 fully saturated rings. The molecule has 4 rings (SSSR count). The average molecular weight is 521 g/mol. The molecule has 0 spiro atoms. The summed E-state index contributed by atoms with van der Waals surface area (Å²) in [6, 6.07) is 13.1. The second-order valence-electron chi connectivity index (χ2n) is 8.22. The number of amides is 2. The summed E-state index contributed by atoms with van der Waals surface area (Å²) in [6.07, 6.45) is 3.13. The van der Waals surface area contributed by atoms with Crippen molar-refractivity contribution in [2.45, 2.75) is 19.8 Å². The number of nitrogens with zero attached hydrogens (tertiary/aromatic N) is 3. The fourth-order valence-electron chi connectivity index (χ4n) is 3.66. The highest BCUT2D eigenvalue weighted by molar-refractivity contribution is 6.34. The number of nitrogens with one attached hydrogen (secondary N) is 2. The summed E-state index contributed by atoms with van der Waals surface area (Å²) >= 11 is 6.32. The van der Waals surface area contributed by atoms with E-state index in [0.29, 0.717) is 28.9 Å². The number of aromatic nitrogens is 3. The number of carbonyl (C=O) groups is 2. The average Bonchev–Trinajstić information content (AvgIpc) is 2.90. The number of halogens is 1. The van der Waals surface area contributed by atoms with Gasteiger partial charge in [0.25, 0.3) is 17.4 Å². The number of nitrogen functional groups attached to an aromatic ring is 1. The Labute approximate surface area is 217 Å². The molecule has 0 unspecified atom stereocenters. The molecule has 4 N–H and O–H groups in total. The minimum absolute atomic E-state index is 0.0839. The molecule has 0 bridgehead atoms. The molecule has 10 nitrogen and oxygen atoms in total. The number of carbonyl (C=O) groups excluding carboxylic acids is 2. The normalized spacial score (nSPS) is 10.8. The molecule has 2 heterocycles. The van der Waals surface area contributed by atoms with Gasteiger partial charge in [0, 0.05) is 35.1 Å². The summed E-state index contributed by atoms with van der Waals surface area (Å²) in [5.41, 5.74) is 7.03. The first-order valence-corrected chi connectivity index (χ1v) is 11.9. The first kappa shape index (κ1) is 25.6. The molecule has 11 heteroatoms. The third kappa shape index (κ3) is 5.70. The molecule has 0 radical (unpaired) electrons. The van der Waals surface area contributed by atoms with Crippen molar-refractivity contribution in [1.82, 2.24) is 15.0 Å². The molecule has 0 atom stereocenters. The SMILES string of the molecule is CCCCN(C(=O)c1ccc(Cl)c(NC(=O)c2cc3cnc(OC)nc3[nH]c2=O)c1)c1ccc(N)cc1. The maximum Gasteiger partial charge on any atom is 0.318 e. The Morgan fingerprint density at radius 1 is 1.16 bits per heavy atom. The van der Waals surface area contributed by atoms with E-state index in [-0.39, 0.29) is 33.8 Å². The molecule has 37 heavy (non-hydrogen) atoms. The lowest BCUT2D eigenvalue weighted by Crippen LogP contribution is -2.32. The van der Waals surface area contributed by atoms with Gasteiger partial charge in [0.2, 0.25) is 0 Å². The zero-order chi connectivity index (χ0) is 26.5. The fourth-order valence-corrected chi connectivity index (χ4v) is 3.83. The van der Waals surface area contributed by atoms with Gasteiger partial charge in [-0.3, -0.25) is 14.4 Å². The molecular formula is C26H25ClN6O4. The van der Waals surface area contributed by atoms with Gasteiger partial charge in [-0.2, -0.15) is 4.98 Å². The van der Waals surface area contributed by atoms with Crippen molar-refractivity contribution in [3.63, 3.8) is 0 Å². The van der Waals surface area contributed by atoms with Crippen LogP contribution in [-0.4, -0.2) is 40.4 Å². The summed E-state index contributed by atoms with van der Waals surface area (Å²) in [7, 11) is 1.41. The third-order valence-corrected chi connectivity index (χ3v) is 5.97. The van der Waals surface area contributed by atoms with Crippen molar-refractivity contribution in [1.29, 1.82) is 0 Å². The summed E-state index contributed by atoms with van der Waals surface area (Å²) in [5, 5.41) is 3.29. The minimum atomic E-state index is -0.702. The number of H-pyrrole nitrogens is 1. The maximum atomic E-state index is 13.5. The second-order valence-corrected chi connectivity index (χ2v) is 8.63. The van der Waals surface area contributed by atoms with E-state index in [1.807, 2.05) is 6.92 Å². The van der Waals surface area contributed by atoms with E-state index in [4.69, 9.17) is 22.1 Å². The van der Waals surface area contributed by atoms with Crippen molar-refractivity contribution >= 4 is 51.5 Å². The van der Waals surface area contributed by atoms with E-state index in [9.17, 15) is 14.4 Å². The molecule has 2 aromatic carbocycles. The molecule has 0 aliphatic carbocycles. The first-order chi connectivity index (χ1) is 17.8. The van der Waals surface area contributed by atoms with E-state index in [2.05, 4.69) is 20.3 Å². The van der Waals surface area contributed by atoms with Crippen LogP contribution in [0.15, 0.2) is 59.5 Å². The van der Waals surface area contributed by atoms with E-state index in [1.54, 1.807) is 35.2 Å². The predicted octanol–water partition coefficient (Wildman–Crippen LogP) is 4.26. The largest absolute Gasteiger partial charge is 0.467 e. The molecule has 0 aliphatic rings. The molecule has 2 amide bonds. The smallest absolute Gasteiger partial charge is 0.318 e. The van der Waals surface area contributed by atoms with Crippen LogP contribution in [0.25, 0.3) is 11.0 Å². The van der Waals surface area contributed by atoms with Crippen molar-refractivity contribution in [3.05, 3.63) is 81.2 Å². The van der Waals surface area contributed by atoms with Crippen LogP contribution in [0.5, 0.6) is 6.01 Å². The molecular weight excluding hydrogens is 496 g/mol. The summed E-state index contributed by atoms with van der Waals surface area (Å²) in [6.45, 7) is 2.54. The number of nitrogens with two attached hydrogens (primary N) is 1. The number of methoxy groups -OCH3 is 1. The highest BCUT2D eigenvalue weighted by Gasteiger charge is 2.20. The Bertz CT molecular complexity index is 1520. The van der Waals surface area contributed by atoms with Crippen LogP contribution in [0.4, 0.5) is 17.1 Å². The number of unbranched alkanes of at least 4 members (excludes halogenated alkanes) is 1. The van der Waals surface area contributed by atoms with Gasteiger partial charge in [0.05, 0.1) is 17.8 Å². The zero-order valence-corrected chi connectivity index (χ0v) is 21.0. The number of benzene rings is 2. The Morgan fingerprint density at radius 2 is 1.92 bits per heavy atom. The molecule has 0 saturated carbocycles. The minimum Gasteiger partial charge on any atom is -0.467 e. The summed E-state index contributed by atoms with van der Waals surface area (Å²) in [4.78, 5) is 51.3. The van der Waals surface area contributed by atoms with Gasteiger partial charge in [-0.25, -0.2) is 4.98 Å². The summed E-state index contributed by atoms with van der Waals surface area (Å²) < 4.78 is 4.96. The number of fused-ring (bicyclic) bond motifs is 1. The zero-order valence-electron chi connectivity index (χ0n) is 20.2. The van der Waals surface area contributed by atoms with Gasteiger partial charge in [-0.15, -0.1) is 0 Å². The van der Waals surface area contributed by atoms with Gasteiger partial charge in [0.15, 0.2) is 0 Å². The highest BCUT2D eigenvalue weighted by Crippen LogP contribution is 2.26. The lowest BCUT2D eigenvalue weighted by Gasteiger charge is -2.23. The van der Waals surface area contributed by atoms with Gasteiger partial charge in [-0.1, -0.05) is 24.9 Å². The third-order valence-electron chi connectivity index (χ3n) is 5.65. The monoisotopic (exact) mass is 520 g/mol. The number of rotatable bonds is 8. The van der Waals surface area contributed by atoms with Crippen molar-refractivity contribution in [2.24, 2.45) is 0 Å². The van der Waals surface area contributed by atoms with E-state index in [0.717, 1.165) is 12.8 Å². The Morgan fingerprint density at radius 3 is 2.62 bits per heavy atom. The molecule has 0 saturated heterocycles. The topological polar surface area (TPSA) is 143 Å². The predicted molar refractivity (Wildman–Crippen MR) is 144 cm³/mol. The standard InChI is InChI=1S/C26H25ClN6O4/c1-3-4-11-33(18-8-6-17(28)7-9-18)25(36)15-5-10-20(27)21(13-15)30-23(34)19-12-16-14-29-26(37-2)32-22(16)31-24(19)35/h5-10,12-14H,3-4,11,28H2,1-2H3,(H,30,34)(H,29,31,32,35). The van der Waals surface area contributed by atoms with Crippen LogP contribution in [0.3, 0.4) is 0 Å². The quantitative estimate of drug-likeness (QED) is 0.294. The van der Waals surface area contributed by atoms with E-state index < -0.39 is 11.5 Å². The summed E-state index contributed by atoms with van der Waals surface area (Å²) in [5.74, 6) is -0.966. The number of anilines is 3. The first-order valence-electron chi connectivity index (χ1n) is 11.5. The van der Waals surface area contributed by atoms with Crippen LogP contribution in [0.1, 0.15) is 40.5 Å². The number of pyridine rings is 1. The lowest BCUT2D eigenvalue weighted by molar-refractivity contribution is 0.0984. The molecule has 190 valence electrons. The van der Waals surface area contributed by atoms with Crippen LogP contribution < -0.4 is 26.2 Å². The molecule has 2 aromatic heterocycles. The fraction of sp³-hybridized carbons (Fsp3) is 0.192. The molecule has 4 aromatic rings. The lowest BCUT2D eigenvalue weighted by atomic mass is 10.1. The van der Waals surface area contributed by atoms with Gasteiger partial charge in [-0.05, 0) is 55.0 Å². The second kappa shape index (κ2) is 11.1. The van der Waals surface area contributed by atoms with Crippen LogP contribution in [-0.2, 0) is 0 Å². The Balaban J connectivity index is 1.62. The number of hydrogen-bond acceptors (Lipinski definition) is 7. The number of ether oxygens (including phenoxy) is 1. The van der Waals surface area contributed by atoms with Crippen LogP contribution >= 0.6 is 11.6 Å². The maximum absolute atomic E-state index is 13.5. The number of aromatic amines is 1. The van der Waals surface area contributed by atoms with Crippen LogP contribution in [0.2, 0.25) is 5.02 Å². The van der Waals surface area contributed by atoms with Gasteiger partial charge in [0.1, 0.15) is 11.2 Å². The van der Waals surface area contributed by atoms with Crippen molar-refractivity contribution in [2.75, 3.05) is 29.6 Å². The van der Waals surface area contributed by atoms with Gasteiger partial charge >= 0.3 is 6.01 Å². The van der Waals surface area contributed by atoms with E-state index in [1.165, 1.54) is 31.5 Å². The van der Waals surface area contributed by atoms with Crippen LogP contribution in [0, 0.1) is 0 Å². The van der Waals surface area contributed by atoms with Crippen molar-refractivity contribution in [3.8, 4) is 6.01 Å². The van der Waals surface area contributed by atoms with Crippen molar-refractivity contribution < 1.29 is 14.3 Å².